The third-order valence-electron chi connectivity index (χ3n) is 3.57. The number of nitrogens with one attached hydrogen (secondary N) is 1. The molecule has 0 bridgehead atoms. The first-order chi connectivity index (χ1) is 9.10. The van der Waals surface area contributed by atoms with Crippen molar-refractivity contribution in [1.29, 1.82) is 0 Å². The van der Waals surface area contributed by atoms with Crippen LogP contribution in [0, 0.1) is 0 Å². The molecule has 2 heterocycles. The summed E-state index contributed by atoms with van der Waals surface area (Å²) in [6.07, 6.45) is 4.00. The number of ether oxygens (including phenoxy) is 1. The van der Waals surface area contributed by atoms with Gasteiger partial charge in [0.05, 0.1) is 16.8 Å². The molecular weight excluding hydrogens is 266 g/mol. The molecule has 2 rings (SSSR count). The maximum Gasteiger partial charge on any atom is 0.255 e. The number of carbonyl (C=O) groups is 1. The fraction of sp³-hybridized carbons (Fsp3) is 0.692. The minimum Gasteiger partial charge on any atom is -0.381 e. The summed E-state index contributed by atoms with van der Waals surface area (Å²) in [7, 11) is 1.82. The van der Waals surface area contributed by atoms with Crippen LogP contribution < -0.4 is 5.32 Å². The van der Waals surface area contributed by atoms with E-state index in [1.807, 2.05) is 14.0 Å². The number of rotatable bonds is 4. The van der Waals surface area contributed by atoms with E-state index in [2.05, 4.69) is 10.4 Å². The molecule has 0 saturated carbocycles. The van der Waals surface area contributed by atoms with Gasteiger partial charge in [0.2, 0.25) is 0 Å². The van der Waals surface area contributed by atoms with Crippen LogP contribution in [0.1, 0.15) is 35.8 Å². The summed E-state index contributed by atoms with van der Waals surface area (Å²) in [6, 6.07) is 0. The second kappa shape index (κ2) is 5.92. The molecule has 0 aromatic carbocycles. The van der Waals surface area contributed by atoms with Gasteiger partial charge in [-0.05, 0) is 19.3 Å². The molecule has 1 aromatic rings. The summed E-state index contributed by atoms with van der Waals surface area (Å²) in [5.41, 5.74) is 1.11. The van der Waals surface area contributed by atoms with Crippen LogP contribution in [0.5, 0.6) is 0 Å². The molecule has 0 aliphatic carbocycles. The normalized spacial score (nSPS) is 18.3. The molecule has 0 atom stereocenters. The van der Waals surface area contributed by atoms with Crippen LogP contribution in [0.2, 0.25) is 0 Å². The highest BCUT2D eigenvalue weighted by Crippen LogP contribution is 2.23. The Morgan fingerprint density at radius 3 is 2.84 bits per heavy atom. The molecule has 1 saturated heterocycles. The fourth-order valence-corrected chi connectivity index (χ4v) is 2.68. The predicted octanol–water partition coefficient (Wildman–Crippen LogP) is 1.50. The minimum absolute atomic E-state index is 0.0903. The third kappa shape index (κ3) is 3.09. The zero-order valence-electron chi connectivity index (χ0n) is 11.4. The molecule has 19 heavy (non-hydrogen) atoms. The van der Waals surface area contributed by atoms with Gasteiger partial charge in [-0.2, -0.15) is 5.10 Å². The topological polar surface area (TPSA) is 56.2 Å². The number of aromatic nitrogens is 2. The van der Waals surface area contributed by atoms with E-state index in [-0.39, 0.29) is 11.4 Å². The number of aryl methyl sites for hydroxylation is 2. The molecule has 1 amide bonds. The van der Waals surface area contributed by atoms with E-state index in [4.69, 9.17) is 16.3 Å². The lowest BCUT2D eigenvalue weighted by Crippen LogP contribution is -2.53. The van der Waals surface area contributed by atoms with Crippen LogP contribution in [0.25, 0.3) is 0 Å². The highest BCUT2D eigenvalue weighted by atomic mass is 35.5. The van der Waals surface area contributed by atoms with Gasteiger partial charge in [-0.15, -0.1) is 11.6 Å². The lowest BCUT2D eigenvalue weighted by molar-refractivity contribution is 0.0433. The van der Waals surface area contributed by atoms with Crippen LogP contribution in [-0.2, 0) is 18.2 Å². The van der Waals surface area contributed by atoms with Crippen molar-refractivity contribution < 1.29 is 9.53 Å². The Labute approximate surface area is 118 Å². The highest BCUT2D eigenvalue weighted by molar-refractivity contribution is 6.19. The van der Waals surface area contributed by atoms with Crippen LogP contribution in [0.3, 0.4) is 0 Å². The van der Waals surface area contributed by atoms with Gasteiger partial charge in [0.25, 0.3) is 5.91 Å². The van der Waals surface area contributed by atoms with Crippen LogP contribution in [-0.4, -0.2) is 40.3 Å². The van der Waals surface area contributed by atoms with E-state index in [1.165, 1.54) is 0 Å². The Morgan fingerprint density at radius 2 is 2.26 bits per heavy atom. The molecule has 1 N–H and O–H groups in total. The molecule has 1 fully saturated rings. The average Bonchev–Trinajstić information content (AvgIpc) is 2.81. The summed E-state index contributed by atoms with van der Waals surface area (Å²) in [6.45, 7) is 3.27. The smallest absolute Gasteiger partial charge is 0.255 e. The summed E-state index contributed by atoms with van der Waals surface area (Å²) in [5.74, 6) is 0.316. The van der Waals surface area contributed by atoms with E-state index in [0.717, 1.165) is 25.0 Å². The van der Waals surface area contributed by atoms with E-state index in [0.29, 0.717) is 24.7 Å². The number of nitrogens with zero attached hydrogens (tertiary/aromatic N) is 2. The van der Waals surface area contributed by atoms with Crippen molar-refractivity contribution in [2.24, 2.45) is 7.05 Å². The quantitative estimate of drug-likeness (QED) is 0.853. The molecule has 1 aliphatic rings. The van der Waals surface area contributed by atoms with Crippen LogP contribution in [0.15, 0.2) is 6.20 Å². The van der Waals surface area contributed by atoms with Crippen molar-refractivity contribution in [3.63, 3.8) is 0 Å². The first-order valence-electron chi connectivity index (χ1n) is 6.59. The van der Waals surface area contributed by atoms with E-state index >= 15 is 0 Å². The summed E-state index contributed by atoms with van der Waals surface area (Å²) in [4.78, 5) is 12.4. The average molecular weight is 286 g/mol. The Hall–Kier alpha value is -1.07. The van der Waals surface area contributed by atoms with Gasteiger partial charge in [0.1, 0.15) is 0 Å². The standard InChI is InChI=1S/C13H20ClN3O2/c1-3-11-10(8-17(2)16-11)12(18)15-13(9-14)4-6-19-7-5-13/h8H,3-7,9H2,1-2H3,(H,15,18). The predicted molar refractivity (Wildman–Crippen MR) is 73.6 cm³/mol. The maximum atomic E-state index is 12.4. The SMILES string of the molecule is CCc1nn(C)cc1C(=O)NC1(CCl)CCOCC1. The molecule has 1 aliphatic heterocycles. The van der Waals surface area contributed by atoms with Crippen molar-refractivity contribution in [2.45, 2.75) is 31.7 Å². The van der Waals surface area contributed by atoms with Gasteiger partial charge < -0.3 is 10.1 Å². The Balaban J connectivity index is 2.14. The molecule has 0 unspecified atom stereocenters. The number of alkyl halides is 1. The molecular formula is C13H20ClN3O2. The van der Waals surface area contributed by atoms with Crippen LogP contribution >= 0.6 is 11.6 Å². The molecule has 6 heteroatoms. The summed E-state index contributed by atoms with van der Waals surface area (Å²) < 4.78 is 7.01. The first-order valence-corrected chi connectivity index (χ1v) is 7.12. The van der Waals surface area contributed by atoms with Gasteiger partial charge in [-0.3, -0.25) is 9.48 Å². The van der Waals surface area contributed by atoms with Crippen molar-refractivity contribution in [1.82, 2.24) is 15.1 Å². The lowest BCUT2D eigenvalue weighted by Gasteiger charge is -2.36. The minimum atomic E-state index is -0.349. The molecule has 5 nitrogen and oxygen atoms in total. The molecule has 1 aromatic heterocycles. The summed E-state index contributed by atoms with van der Waals surface area (Å²) in [5, 5.41) is 7.37. The highest BCUT2D eigenvalue weighted by Gasteiger charge is 2.34. The van der Waals surface area contributed by atoms with Crippen molar-refractivity contribution in [2.75, 3.05) is 19.1 Å². The maximum absolute atomic E-state index is 12.4. The second-order valence-corrected chi connectivity index (χ2v) is 5.26. The van der Waals surface area contributed by atoms with Gasteiger partial charge in [0.15, 0.2) is 0 Å². The van der Waals surface area contributed by atoms with Crippen molar-refractivity contribution in [3.05, 3.63) is 17.5 Å². The zero-order chi connectivity index (χ0) is 13.9. The second-order valence-electron chi connectivity index (χ2n) is 5.00. The van der Waals surface area contributed by atoms with E-state index < -0.39 is 0 Å². The lowest BCUT2D eigenvalue weighted by atomic mass is 9.92. The Morgan fingerprint density at radius 1 is 1.58 bits per heavy atom. The monoisotopic (exact) mass is 285 g/mol. The van der Waals surface area contributed by atoms with Gasteiger partial charge in [0, 0.05) is 32.3 Å². The van der Waals surface area contributed by atoms with E-state index in [9.17, 15) is 4.79 Å². The van der Waals surface area contributed by atoms with Crippen molar-refractivity contribution in [3.8, 4) is 0 Å². The number of halogens is 1. The first kappa shape index (κ1) is 14.3. The number of carbonyl (C=O) groups excluding carboxylic acids is 1. The number of hydrogen-bond donors (Lipinski definition) is 1. The Kier molecular flexibility index (Phi) is 4.47. The fourth-order valence-electron chi connectivity index (χ4n) is 2.35. The van der Waals surface area contributed by atoms with Crippen LogP contribution in [0.4, 0.5) is 0 Å². The molecule has 106 valence electrons. The largest absolute Gasteiger partial charge is 0.381 e. The number of amides is 1. The van der Waals surface area contributed by atoms with Gasteiger partial charge >= 0.3 is 0 Å². The molecule has 0 spiro atoms. The van der Waals surface area contributed by atoms with E-state index in [1.54, 1.807) is 10.9 Å². The summed E-state index contributed by atoms with van der Waals surface area (Å²) >= 11 is 6.06. The molecule has 0 radical (unpaired) electrons. The Bertz CT molecular complexity index is 453. The van der Waals surface area contributed by atoms with Crippen molar-refractivity contribution >= 4 is 17.5 Å². The third-order valence-corrected chi connectivity index (χ3v) is 4.08. The number of hydrogen-bond acceptors (Lipinski definition) is 3. The van der Waals surface area contributed by atoms with Gasteiger partial charge in [-0.1, -0.05) is 6.92 Å². The zero-order valence-corrected chi connectivity index (χ0v) is 12.2. The van der Waals surface area contributed by atoms with Gasteiger partial charge in [-0.25, -0.2) is 0 Å².